The van der Waals surface area contributed by atoms with Crippen LogP contribution in [-0.2, 0) is 29.7 Å². The van der Waals surface area contributed by atoms with Gasteiger partial charge in [0.05, 0.1) is 18.3 Å². The van der Waals surface area contributed by atoms with Crippen molar-refractivity contribution in [3.8, 4) is 5.75 Å². The highest BCUT2D eigenvalue weighted by atomic mass is 16.5. The molecular formula is C22H31N3O2. The molecule has 0 N–H and O–H groups in total. The fourth-order valence-corrected chi connectivity index (χ4v) is 3.52. The van der Waals surface area contributed by atoms with Crippen LogP contribution in [0.15, 0.2) is 30.5 Å². The minimum Gasteiger partial charge on any atom is -0.494 e. The van der Waals surface area contributed by atoms with Gasteiger partial charge < -0.3 is 9.64 Å². The Kier molecular flexibility index (Phi) is 5.88. The van der Waals surface area contributed by atoms with Gasteiger partial charge in [0.25, 0.3) is 0 Å². The van der Waals surface area contributed by atoms with Gasteiger partial charge in [-0.05, 0) is 51.3 Å². The van der Waals surface area contributed by atoms with Crippen molar-refractivity contribution in [2.75, 3.05) is 13.2 Å². The number of hydrogen-bond donors (Lipinski definition) is 0. The van der Waals surface area contributed by atoms with E-state index in [2.05, 4.69) is 49.6 Å². The summed E-state index contributed by atoms with van der Waals surface area (Å²) in [4.78, 5) is 14.5. The van der Waals surface area contributed by atoms with Crippen LogP contribution in [0.4, 0.5) is 0 Å². The van der Waals surface area contributed by atoms with E-state index in [0.717, 1.165) is 31.6 Å². The Labute approximate surface area is 162 Å². The average Bonchev–Trinajstić information content (AvgIpc) is 3.09. The highest BCUT2D eigenvalue weighted by molar-refractivity contribution is 5.76. The number of carbonyl (C=O) groups excluding carboxylic acids is 1. The van der Waals surface area contributed by atoms with Crippen molar-refractivity contribution in [1.29, 1.82) is 0 Å². The van der Waals surface area contributed by atoms with Gasteiger partial charge in [0.15, 0.2) is 0 Å². The monoisotopic (exact) mass is 369 g/mol. The molecule has 1 aliphatic heterocycles. The van der Waals surface area contributed by atoms with Gasteiger partial charge in [-0.1, -0.05) is 19.1 Å². The first kappa shape index (κ1) is 19.5. The topological polar surface area (TPSA) is 47.4 Å². The van der Waals surface area contributed by atoms with Crippen LogP contribution in [0.1, 0.15) is 57.4 Å². The predicted octanol–water partition coefficient (Wildman–Crippen LogP) is 3.94. The number of hydrogen-bond acceptors (Lipinski definition) is 3. The summed E-state index contributed by atoms with van der Waals surface area (Å²) >= 11 is 0. The van der Waals surface area contributed by atoms with Crippen molar-refractivity contribution in [2.24, 2.45) is 0 Å². The molecule has 146 valence electrons. The molecule has 0 spiro atoms. The van der Waals surface area contributed by atoms with Crippen molar-refractivity contribution in [2.45, 2.75) is 65.5 Å². The molecule has 1 aliphatic rings. The zero-order valence-electron chi connectivity index (χ0n) is 17.0. The summed E-state index contributed by atoms with van der Waals surface area (Å²) in [6, 6.07) is 8.17. The standard InChI is InChI=1S/C22H31N3O2/c1-5-17-8-10-19(11-9-17)27-14-6-7-21(26)24-13-12-20-18(16-24)15-23-25(20)22(2,3)4/h8-11,15H,5-7,12-14,16H2,1-4H3. The van der Waals surface area contributed by atoms with Crippen molar-refractivity contribution >= 4 is 5.91 Å². The molecule has 0 atom stereocenters. The summed E-state index contributed by atoms with van der Waals surface area (Å²) in [5.74, 6) is 1.07. The molecule has 3 rings (SSSR count). The van der Waals surface area contributed by atoms with E-state index in [9.17, 15) is 4.79 Å². The summed E-state index contributed by atoms with van der Waals surface area (Å²) in [6.45, 7) is 10.6. The minimum absolute atomic E-state index is 0.0214. The molecule has 5 nitrogen and oxygen atoms in total. The van der Waals surface area contributed by atoms with Crippen LogP contribution < -0.4 is 4.74 Å². The van der Waals surface area contributed by atoms with E-state index in [0.29, 0.717) is 19.6 Å². The maximum Gasteiger partial charge on any atom is 0.223 e. The number of amides is 1. The molecule has 0 aliphatic carbocycles. The molecule has 2 aromatic rings. The molecule has 1 amide bonds. The molecule has 1 aromatic heterocycles. The third-order valence-electron chi connectivity index (χ3n) is 5.06. The molecule has 5 heteroatoms. The molecule has 1 aromatic carbocycles. The molecule has 0 radical (unpaired) electrons. The summed E-state index contributed by atoms with van der Waals surface area (Å²) in [6.07, 6.45) is 5.08. The summed E-state index contributed by atoms with van der Waals surface area (Å²) in [5.41, 5.74) is 3.73. The van der Waals surface area contributed by atoms with Crippen molar-refractivity contribution in [1.82, 2.24) is 14.7 Å². The van der Waals surface area contributed by atoms with Gasteiger partial charge in [0.1, 0.15) is 5.75 Å². The van der Waals surface area contributed by atoms with Crippen LogP contribution in [0.2, 0.25) is 0 Å². The van der Waals surface area contributed by atoms with Crippen molar-refractivity contribution in [3.63, 3.8) is 0 Å². The Hall–Kier alpha value is -2.30. The van der Waals surface area contributed by atoms with E-state index in [1.165, 1.54) is 16.8 Å². The second-order valence-electron chi connectivity index (χ2n) is 8.21. The zero-order chi connectivity index (χ0) is 19.4. The van der Waals surface area contributed by atoms with Crippen molar-refractivity contribution < 1.29 is 9.53 Å². The van der Waals surface area contributed by atoms with Gasteiger partial charge in [0.2, 0.25) is 5.91 Å². The van der Waals surface area contributed by atoms with Crippen LogP contribution in [0.5, 0.6) is 5.75 Å². The Morgan fingerprint density at radius 3 is 2.63 bits per heavy atom. The zero-order valence-corrected chi connectivity index (χ0v) is 17.0. The number of benzene rings is 1. The maximum atomic E-state index is 12.5. The molecule has 2 heterocycles. The fourth-order valence-electron chi connectivity index (χ4n) is 3.52. The second kappa shape index (κ2) is 8.15. The molecule has 0 saturated heterocycles. The minimum atomic E-state index is -0.0214. The number of rotatable bonds is 6. The first-order chi connectivity index (χ1) is 12.9. The van der Waals surface area contributed by atoms with Crippen LogP contribution in [0.3, 0.4) is 0 Å². The van der Waals surface area contributed by atoms with E-state index < -0.39 is 0 Å². The van der Waals surface area contributed by atoms with E-state index >= 15 is 0 Å². The lowest BCUT2D eigenvalue weighted by Crippen LogP contribution is -2.37. The normalized spacial score (nSPS) is 14.1. The summed E-state index contributed by atoms with van der Waals surface area (Å²) in [5, 5.41) is 4.54. The number of nitrogens with zero attached hydrogens (tertiary/aromatic N) is 3. The molecule has 27 heavy (non-hydrogen) atoms. The highest BCUT2D eigenvalue weighted by Crippen LogP contribution is 2.24. The number of ether oxygens (including phenoxy) is 1. The van der Waals surface area contributed by atoms with Gasteiger partial charge in [-0.2, -0.15) is 5.10 Å². The third kappa shape index (κ3) is 4.71. The lowest BCUT2D eigenvalue weighted by Gasteiger charge is -2.30. The fraction of sp³-hybridized carbons (Fsp3) is 0.545. The lowest BCUT2D eigenvalue weighted by atomic mass is 10.0. The quantitative estimate of drug-likeness (QED) is 0.725. The Morgan fingerprint density at radius 2 is 1.96 bits per heavy atom. The molecule has 0 bridgehead atoms. The van der Waals surface area contributed by atoms with Gasteiger partial charge in [-0.25, -0.2) is 0 Å². The van der Waals surface area contributed by atoms with Gasteiger partial charge in [-0.15, -0.1) is 0 Å². The van der Waals surface area contributed by atoms with Crippen molar-refractivity contribution in [3.05, 3.63) is 47.3 Å². The van der Waals surface area contributed by atoms with Gasteiger partial charge >= 0.3 is 0 Å². The number of aryl methyl sites for hydroxylation is 1. The van der Waals surface area contributed by atoms with Crippen LogP contribution in [0.25, 0.3) is 0 Å². The smallest absolute Gasteiger partial charge is 0.223 e. The molecule has 0 fully saturated rings. The largest absolute Gasteiger partial charge is 0.494 e. The summed E-state index contributed by atoms with van der Waals surface area (Å²) < 4.78 is 7.86. The van der Waals surface area contributed by atoms with E-state index in [4.69, 9.17) is 4.74 Å². The molecular weight excluding hydrogens is 338 g/mol. The van der Waals surface area contributed by atoms with Gasteiger partial charge in [-0.3, -0.25) is 9.48 Å². The first-order valence-corrected chi connectivity index (χ1v) is 9.94. The maximum absolute atomic E-state index is 12.5. The lowest BCUT2D eigenvalue weighted by molar-refractivity contribution is -0.132. The highest BCUT2D eigenvalue weighted by Gasteiger charge is 2.27. The predicted molar refractivity (Wildman–Crippen MR) is 107 cm³/mol. The molecule has 0 unspecified atom stereocenters. The van der Waals surface area contributed by atoms with Crippen LogP contribution >= 0.6 is 0 Å². The van der Waals surface area contributed by atoms with E-state index in [-0.39, 0.29) is 11.4 Å². The number of aromatic nitrogens is 2. The third-order valence-corrected chi connectivity index (χ3v) is 5.06. The average molecular weight is 370 g/mol. The van der Waals surface area contributed by atoms with Crippen LogP contribution in [0, 0.1) is 0 Å². The second-order valence-corrected chi connectivity index (χ2v) is 8.21. The van der Waals surface area contributed by atoms with E-state index in [1.54, 1.807) is 0 Å². The summed E-state index contributed by atoms with van der Waals surface area (Å²) in [7, 11) is 0. The number of carbonyl (C=O) groups is 1. The Bertz CT molecular complexity index is 772. The number of fused-ring (bicyclic) bond motifs is 1. The Morgan fingerprint density at radius 1 is 1.22 bits per heavy atom. The first-order valence-electron chi connectivity index (χ1n) is 9.94. The molecule has 0 saturated carbocycles. The van der Waals surface area contributed by atoms with Crippen LogP contribution in [-0.4, -0.2) is 33.7 Å². The Balaban J connectivity index is 1.46. The van der Waals surface area contributed by atoms with E-state index in [1.807, 2.05) is 23.2 Å². The van der Waals surface area contributed by atoms with Gasteiger partial charge in [0, 0.05) is 37.2 Å². The SMILES string of the molecule is CCc1ccc(OCCCC(=O)N2CCc3c(cnn3C(C)(C)C)C2)cc1.